The Bertz CT molecular complexity index is 209. The van der Waals surface area contributed by atoms with Crippen LogP contribution in [0.15, 0.2) is 23.5 Å². The van der Waals surface area contributed by atoms with Crippen LogP contribution in [0.2, 0.25) is 0 Å². The molecule has 0 heterocycles. The zero-order chi connectivity index (χ0) is 10.5. The highest BCUT2D eigenvalue weighted by Crippen LogP contribution is 2.22. The van der Waals surface area contributed by atoms with Gasteiger partial charge in [-0.2, -0.15) is 0 Å². The minimum Gasteiger partial charge on any atom is -0.410 e. The van der Waals surface area contributed by atoms with E-state index in [2.05, 4.69) is 4.74 Å². The number of alkyl halides is 3. The summed E-state index contributed by atoms with van der Waals surface area (Å²) in [5.74, 6) is -0.0753. The Hall–Kier alpha value is -0.930. The Balaban J connectivity index is 4.35. The van der Waals surface area contributed by atoms with E-state index in [1.54, 1.807) is 26.8 Å². The molecule has 0 saturated carbocycles. The number of hydrogen-bond acceptors (Lipinski definition) is 1. The molecule has 1 nitrogen and oxygen atoms in total. The van der Waals surface area contributed by atoms with Crippen LogP contribution in [0.5, 0.6) is 0 Å². The van der Waals surface area contributed by atoms with Crippen LogP contribution in [0, 0.1) is 0 Å². The molecule has 0 aliphatic carbocycles. The van der Waals surface area contributed by atoms with Crippen LogP contribution in [-0.4, -0.2) is 6.36 Å². The fourth-order valence-corrected chi connectivity index (χ4v) is 0.632. The number of hydrogen-bond donors (Lipinski definition) is 0. The van der Waals surface area contributed by atoms with Crippen LogP contribution >= 0.6 is 0 Å². The second kappa shape index (κ2) is 4.94. The van der Waals surface area contributed by atoms with Crippen molar-refractivity contribution in [1.82, 2.24) is 0 Å². The highest BCUT2D eigenvalue weighted by molar-refractivity contribution is 5.11. The number of rotatable bonds is 3. The summed E-state index contributed by atoms with van der Waals surface area (Å²) in [5.41, 5.74) is 0.928. The molecule has 13 heavy (non-hydrogen) atoms. The molecule has 0 aromatic carbocycles. The van der Waals surface area contributed by atoms with Gasteiger partial charge in [-0.3, -0.25) is 0 Å². The van der Waals surface area contributed by atoms with Gasteiger partial charge in [-0.1, -0.05) is 18.6 Å². The first-order valence-electron chi connectivity index (χ1n) is 3.95. The van der Waals surface area contributed by atoms with E-state index in [1.165, 1.54) is 6.08 Å². The maximum Gasteiger partial charge on any atom is 0.572 e. The van der Waals surface area contributed by atoms with Crippen molar-refractivity contribution in [2.45, 2.75) is 33.6 Å². The third-order valence-corrected chi connectivity index (χ3v) is 1.20. The SMILES string of the molecule is CC/C(=C\C=C(C)C)OC(F)(F)F. The third-order valence-electron chi connectivity index (χ3n) is 1.20. The highest BCUT2D eigenvalue weighted by Gasteiger charge is 2.31. The van der Waals surface area contributed by atoms with Crippen molar-refractivity contribution in [3.8, 4) is 0 Å². The van der Waals surface area contributed by atoms with Gasteiger partial charge in [0.2, 0.25) is 0 Å². The molecule has 0 radical (unpaired) electrons. The van der Waals surface area contributed by atoms with Gasteiger partial charge in [0.05, 0.1) is 0 Å². The zero-order valence-corrected chi connectivity index (χ0v) is 7.90. The third kappa shape index (κ3) is 7.43. The fourth-order valence-electron chi connectivity index (χ4n) is 0.632. The van der Waals surface area contributed by atoms with Gasteiger partial charge < -0.3 is 4.74 Å². The summed E-state index contributed by atoms with van der Waals surface area (Å²) in [6.07, 6.45) is -1.44. The van der Waals surface area contributed by atoms with Crippen molar-refractivity contribution in [3.05, 3.63) is 23.5 Å². The largest absolute Gasteiger partial charge is 0.572 e. The first-order chi connectivity index (χ1) is 5.85. The van der Waals surface area contributed by atoms with Gasteiger partial charge >= 0.3 is 6.36 Å². The van der Waals surface area contributed by atoms with Crippen LogP contribution < -0.4 is 0 Å². The molecule has 0 aliphatic heterocycles. The van der Waals surface area contributed by atoms with Crippen molar-refractivity contribution in [2.75, 3.05) is 0 Å². The number of halogens is 3. The normalized spacial score (nSPS) is 12.6. The van der Waals surface area contributed by atoms with Crippen LogP contribution in [0.25, 0.3) is 0 Å². The lowest BCUT2D eigenvalue weighted by Gasteiger charge is -2.10. The quantitative estimate of drug-likeness (QED) is 0.490. The van der Waals surface area contributed by atoms with E-state index in [0.29, 0.717) is 0 Å². The molecule has 0 saturated heterocycles. The summed E-state index contributed by atoms with van der Waals surface area (Å²) in [5, 5.41) is 0. The molecule has 0 spiro atoms. The minimum atomic E-state index is -4.59. The maximum absolute atomic E-state index is 11.7. The Morgan fingerprint density at radius 2 is 1.77 bits per heavy atom. The summed E-state index contributed by atoms with van der Waals surface area (Å²) < 4.78 is 39.0. The molecule has 4 heteroatoms. The van der Waals surface area contributed by atoms with Crippen LogP contribution in [0.1, 0.15) is 27.2 Å². The molecule has 76 valence electrons. The Labute approximate surface area is 75.9 Å². The second-order valence-electron chi connectivity index (χ2n) is 2.78. The predicted molar refractivity (Wildman–Crippen MR) is 44.9 cm³/mol. The molecule has 0 aliphatic rings. The molecule has 0 amide bonds. The fraction of sp³-hybridized carbons (Fsp3) is 0.556. The number of ether oxygens (including phenoxy) is 1. The minimum absolute atomic E-state index is 0.0753. The summed E-state index contributed by atoms with van der Waals surface area (Å²) in [6, 6.07) is 0. The van der Waals surface area contributed by atoms with Gasteiger partial charge in [-0.15, -0.1) is 13.2 Å². The van der Waals surface area contributed by atoms with E-state index in [4.69, 9.17) is 0 Å². The first kappa shape index (κ1) is 12.1. The standard InChI is InChI=1S/C9H13F3O/c1-4-8(6-5-7(2)3)13-9(10,11)12/h5-6H,4H2,1-3H3/b8-6+. The van der Waals surface area contributed by atoms with Crippen LogP contribution in [-0.2, 0) is 4.74 Å². The van der Waals surface area contributed by atoms with E-state index in [0.717, 1.165) is 5.57 Å². The number of allylic oxidation sites excluding steroid dienone is 4. The summed E-state index contributed by atoms with van der Waals surface area (Å²) in [4.78, 5) is 0. The highest BCUT2D eigenvalue weighted by atomic mass is 19.4. The van der Waals surface area contributed by atoms with E-state index >= 15 is 0 Å². The lowest BCUT2D eigenvalue weighted by molar-refractivity contribution is -0.306. The van der Waals surface area contributed by atoms with Crippen molar-refractivity contribution in [2.24, 2.45) is 0 Å². The van der Waals surface area contributed by atoms with Crippen LogP contribution in [0.3, 0.4) is 0 Å². The van der Waals surface area contributed by atoms with E-state index in [9.17, 15) is 13.2 Å². The van der Waals surface area contributed by atoms with Gasteiger partial charge in [0.1, 0.15) is 5.76 Å². The van der Waals surface area contributed by atoms with Crippen molar-refractivity contribution >= 4 is 0 Å². The molecule has 0 aromatic heterocycles. The van der Waals surface area contributed by atoms with Gasteiger partial charge in [-0.25, -0.2) is 0 Å². The maximum atomic E-state index is 11.7. The second-order valence-corrected chi connectivity index (χ2v) is 2.78. The van der Waals surface area contributed by atoms with Gasteiger partial charge in [0, 0.05) is 6.42 Å². The van der Waals surface area contributed by atoms with Crippen LogP contribution in [0.4, 0.5) is 13.2 Å². The molecule has 0 bridgehead atoms. The molecular weight excluding hydrogens is 181 g/mol. The summed E-state index contributed by atoms with van der Waals surface area (Å²) in [7, 11) is 0. The monoisotopic (exact) mass is 194 g/mol. The Morgan fingerprint density at radius 3 is 2.08 bits per heavy atom. The Kier molecular flexibility index (Phi) is 4.59. The zero-order valence-electron chi connectivity index (χ0n) is 7.90. The van der Waals surface area contributed by atoms with Crippen molar-refractivity contribution in [1.29, 1.82) is 0 Å². The topological polar surface area (TPSA) is 9.23 Å². The van der Waals surface area contributed by atoms with Crippen molar-refractivity contribution < 1.29 is 17.9 Å². The van der Waals surface area contributed by atoms with Gasteiger partial charge in [0.15, 0.2) is 0 Å². The lowest BCUT2D eigenvalue weighted by atomic mass is 10.3. The lowest BCUT2D eigenvalue weighted by Crippen LogP contribution is -2.12. The van der Waals surface area contributed by atoms with Crippen molar-refractivity contribution in [3.63, 3.8) is 0 Å². The molecule has 0 aromatic rings. The Morgan fingerprint density at radius 1 is 1.23 bits per heavy atom. The van der Waals surface area contributed by atoms with Gasteiger partial charge in [-0.05, 0) is 19.9 Å². The smallest absolute Gasteiger partial charge is 0.410 e. The molecule has 0 N–H and O–H groups in total. The molecule has 0 unspecified atom stereocenters. The summed E-state index contributed by atoms with van der Waals surface area (Å²) >= 11 is 0. The first-order valence-corrected chi connectivity index (χ1v) is 3.95. The average molecular weight is 194 g/mol. The van der Waals surface area contributed by atoms with E-state index in [1.807, 2.05) is 0 Å². The van der Waals surface area contributed by atoms with E-state index < -0.39 is 6.36 Å². The molecular formula is C9H13F3O. The molecule has 0 atom stereocenters. The van der Waals surface area contributed by atoms with E-state index in [-0.39, 0.29) is 12.2 Å². The molecule has 0 rings (SSSR count). The summed E-state index contributed by atoms with van der Waals surface area (Å²) in [6.45, 7) is 5.21. The predicted octanol–water partition coefficient (Wildman–Crippen LogP) is 3.78. The molecule has 0 fully saturated rings. The van der Waals surface area contributed by atoms with Gasteiger partial charge in [0.25, 0.3) is 0 Å². The average Bonchev–Trinajstić information content (AvgIpc) is 1.95.